The number of benzene rings is 2. The molecule has 25 heavy (non-hydrogen) atoms. The van der Waals surface area contributed by atoms with Crippen molar-refractivity contribution in [1.82, 2.24) is 5.32 Å². The molecule has 2 aromatic rings. The molecule has 0 aliphatic heterocycles. The minimum absolute atomic E-state index is 0.0915. The van der Waals surface area contributed by atoms with Gasteiger partial charge in [-0.3, -0.25) is 4.79 Å². The van der Waals surface area contributed by atoms with Crippen molar-refractivity contribution in [2.75, 3.05) is 12.3 Å². The average molecular weight is 359 g/mol. The molecule has 0 bridgehead atoms. The fourth-order valence-corrected chi connectivity index (χ4v) is 4.42. The van der Waals surface area contributed by atoms with Crippen LogP contribution in [-0.2, 0) is 26.7 Å². The van der Waals surface area contributed by atoms with Gasteiger partial charge in [-0.2, -0.15) is 0 Å². The summed E-state index contributed by atoms with van der Waals surface area (Å²) in [6.07, 6.45) is 1.19. The topological polar surface area (TPSA) is 83.5 Å². The third kappa shape index (κ3) is 3.91. The Kier molecular flexibility index (Phi) is 4.92. The second kappa shape index (κ2) is 6.98. The van der Waals surface area contributed by atoms with Gasteiger partial charge in [0.15, 0.2) is 9.84 Å². The van der Waals surface area contributed by atoms with E-state index in [0.717, 1.165) is 17.5 Å². The molecule has 2 N–H and O–H groups in total. The van der Waals surface area contributed by atoms with Crippen molar-refractivity contribution in [2.45, 2.75) is 29.8 Å². The number of hydrogen-bond acceptors (Lipinski definition) is 4. The van der Waals surface area contributed by atoms with Crippen molar-refractivity contribution in [3.63, 3.8) is 0 Å². The van der Waals surface area contributed by atoms with E-state index in [1.165, 1.54) is 12.1 Å². The summed E-state index contributed by atoms with van der Waals surface area (Å²) >= 11 is 0. The van der Waals surface area contributed by atoms with E-state index in [1.807, 2.05) is 24.3 Å². The Morgan fingerprint density at radius 3 is 2.52 bits per heavy atom. The first-order valence-corrected chi connectivity index (χ1v) is 9.91. The van der Waals surface area contributed by atoms with Gasteiger partial charge in [0.1, 0.15) is 5.60 Å². The molecule has 1 atom stereocenters. The van der Waals surface area contributed by atoms with Crippen molar-refractivity contribution >= 4 is 15.7 Å². The number of rotatable bonds is 6. The predicted molar refractivity (Wildman–Crippen MR) is 94.8 cm³/mol. The largest absolute Gasteiger partial charge is 0.383 e. The zero-order chi connectivity index (χ0) is 17.9. The summed E-state index contributed by atoms with van der Waals surface area (Å²) in [5.74, 6) is -0.630. The molecule has 0 aromatic heterocycles. The molecule has 2 aromatic carbocycles. The Morgan fingerprint density at radius 1 is 1.08 bits per heavy atom. The van der Waals surface area contributed by atoms with Crippen LogP contribution in [-0.4, -0.2) is 31.7 Å². The van der Waals surface area contributed by atoms with Crippen LogP contribution in [0.2, 0.25) is 0 Å². The first-order valence-electron chi connectivity index (χ1n) is 8.26. The van der Waals surface area contributed by atoms with E-state index in [0.29, 0.717) is 6.42 Å². The lowest BCUT2D eigenvalue weighted by Crippen LogP contribution is -2.39. The summed E-state index contributed by atoms with van der Waals surface area (Å²) in [7, 11) is -3.48. The van der Waals surface area contributed by atoms with Crippen LogP contribution in [0.1, 0.15) is 24.0 Å². The standard InChI is InChI=1S/C19H21NO4S/c21-18(11-13-25(23,24)16-7-2-1-3-8-16)20-14-19(22)12-10-15-6-4-5-9-17(15)19/h1-9,22H,10-14H2,(H,20,21). The van der Waals surface area contributed by atoms with Crippen LogP contribution in [0.4, 0.5) is 0 Å². The Morgan fingerprint density at radius 2 is 1.76 bits per heavy atom. The zero-order valence-electron chi connectivity index (χ0n) is 13.8. The molecule has 0 spiro atoms. The molecule has 0 saturated carbocycles. The summed E-state index contributed by atoms with van der Waals surface area (Å²) in [6.45, 7) is 0.0915. The van der Waals surface area contributed by atoms with Crippen LogP contribution in [0.3, 0.4) is 0 Å². The number of aryl methyl sites for hydroxylation is 1. The molecule has 1 amide bonds. The first-order chi connectivity index (χ1) is 11.9. The van der Waals surface area contributed by atoms with Gasteiger partial charge < -0.3 is 10.4 Å². The number of aliphatic hydroxyl groups is 1. The molecule has 1 aliphatic rings. The second-order valence-electron chi connectivity index (χ2n) is 6.35. The van der Waals surface area contributed by atoms with E-state index in [-0.39, 0.29) is 29.5 Å². The van der Waals surface area contributed by atoms with Crippen LogP contribution in [0.5, 0.6) is 0 Å². The van der Waals surface area contributed by atoms with Crippen molar-refractivity contribution < 1.29 is 18.3 Å². The summed E-state index contributed by atoms with van der Waals surface area (Å²) in [5.41, 5.74) is 0.850. The van der Waals surface area contributed by atoms with E-state index in [4.69, 9.17) is 0 Å². The zero-order valence-corrected chi connectivity index (χ0v) is 14.6. The fourth-order valence-electron chi connectivity index (χ4n) is 3.16. The highest BCUT2D eigenvalue weighted by Gasteiger charge is 2.36. The highest BCUT2D eigenvalue weighted by molar-refractivity contribution is 7.91. The van der Waals surface area contributed by atoms with E-state index in [9.17, 15) is 18.3 Å². The molecule has 1 aliphatic carbocycles. The highest BCUT2D eigenvalue weighted by Crippen LogP contribution is 2.36. The molecule has 3 rings (SSSR count). The molecule has 0 radical (unpaired) electrons. The summed E-state index contributed by atoms with van der Waals surface area (Å²) < 4.78 is 24.4. The summed E-state index contributed by atoms with van der Waals surface area (Å²) in [5, 5.41) is 13.4. The SMILES string of the molecule is O=C(CCS(=O)(=O)c1ccccc1)NCC1(O)CCc2ccccc21. The first kappa shape index (κ1) is 17.6. The molecule has 5 nitrogen and oxygen atoms in total. The molecule has 1 unspecified atom stereocenters. The van der Waals surface area contributed by atoms with Gasteiger partial charge in [-0.1, -0.05) is 42.5 Å². The van der Waals surface area contributed by atoms with Crippen LogP contribution >= 0.6 is 0 Å². The van der Waals surface area contributed by atoms with Gasteiger partial charge in [-0.25, -0.2) is 8.42 Å². The quantitative estimate of drug-likeness (QED) is 0.824. The Bertz CT molecular complexity index is 864. The Labute approximate surface area is 147 Å². The van der Waals surface area contributed by atoms with E-state index in [1.54, 1.807) is 18.2 Å². The number of hydrogen-bond donors (Lipinski definition) is 2. The molecule has 132 valence electrons. The van der Waals surface area contributed by atoms with Crippen LogP contribution in [0, 0.1) is 0 Å². The van der Waals surface area contributed by atoms with Gasteiger partial charge in [0, 0.05) is 6.42 Å². The van der Waals surface area contributed by atoms with E-state index >= 15 is 0 Å². The number of nitrogens with one attached hydrogen (secondary N) is 1. The summed E-state index contributed by atoms with van der Waals surface area (Å²) in [4.78, 5) is 12.3. The molecule has 0 heterocycles. The fraction of sp³-hybridized carbons (Fsp3) is 0.316. The monoisotopic (exact) mass is 359 g/mol. The number of sulfone groups is 1. The third-order valence-electron chi connectivity index (χ3n) is 4.60. The molecule has 0 saturated heterocycles. The molecular weight excluding hydrogens is 338 g/mol. The summed E-state index contributed by atoms with van der Waals surface area (Å²) in [6, 6.07) is 15.7. The number of amides is 1. The van der Waals surface area contributed by atoms with Crippen LogP contribution in [0.15, 0.2) is 59.5 Å². The van der Waals surface area contributed by atoms with Crippen molar-refractivity contribution in [2.24, 2.45) is 0 Å². The lowest BCUT2D eigenvalue weighted by atomic mass is 9.96. The Hall–Kier alpha value is -2.18. The lowest BCUT2D eigenvalue weighted by Gasteiger charge is -2.24. The van der Waals surface area contributed by atoms with Gasteiger partial charge >= 0.3 is 0 Å². The van der Waals surface area contributed by atoms with Gasteiger partial charge in [-0.15, -0.1) is 0 Å². The maximum Gasteiger partial charge on any atom is 0.221 e. The number of fused-ring (bicyclic) bond motifs is 1. The third-order valence-corrected chi connectivity index (χ3v) is 6.34. The van der Waals surface area contributed by atoms with Crippen molar-refractivity contribution in [3.8, 4) is 0 Å². The highest BCUT2D eigenvalue weighted by atomic mass is 32.2. The molecule has 0 fully saturated rings. The minimum atomic E-state index is -3.48. The molecule has 6 heteroatoms. The molecular formula is C19H21NO4S. The smallest absolute Gasteiger partial charge is 0.221 e. The maximum atomic E-state index is 12.2. The van der Waals surface area contributed by atoms with Gasteiger partial charge in [0.25, 0.3) is 0 Å². The number of carbonyl (C=O) groups is 1. The number of carbonyl (C=O) groups excluding carboxylic acids is 1. The lowest BCUT2D eigenvalue weighted by molar-refractivity contribution is -0.122. The Balaban J connectivity index is 1.56. The van der Waals surface area contributed by atoms with Crippen molar-refractivity contribution in [1.29, 1.82) is 0 Å². The van der Waals surface area contributed by atoms with Crippen molar-refractivity contribution in [3.05, 3.63) is 65.7 Å². The minimum Gasteiger partial charge on any atom is -0.383 e. The maximum absolute atomic E-state index is 12.2. The van der Waals surface area contributed by atoms with E-state index < -0.39 is 15.4 Å². The van der Waals surface area contributed by atoms with Gasteiger partial charge in [-0.05, 0) is 36.1 Å². The van der Waals surface area contributed by atoms with Gasteiger partial charge in [0.05, 0.1) is 17.2 Å². The van der Waals surface area contributed by atoms with Crippen LogP contribution < -0.4 is 5.32 Å². The van der Waals surface area contributed by atoms with E-state index in [2.05, 4.69) is 5.32 Å². The second-order valence-corrected chi connectivity index (χ2v) is 8.46. The van der Waals surface area contributed by atoms with Gasteiger partial charge in [0.2, 0.25) is 5.91 Å². The predicted octanol–water partition coefficient (Wildman–Crippen LogP) is 1.80. The van der Waals surface area contributed by atoms with Crippen LogP contribution in [0.25, 0.3) is 0 Å². The normalized spacial score (nSPS) is 19.4. The average Bonchev–Trinajstić information content (AvgIpc) is 2.97.